The smallest absolute Gasteiger partial charge is 0.0427 e. The average Bonchev–Trinajstić information content (AvgIpc) is 2.39. The fourth-order valence-electron chi connectivity index (χ4n) is 2.08. The Morgan fingerprint density at radius 3 is 2.44 bits per heavy atom. The van der Waals surface area contributed by atoms with Crippen LogP contribution in [0.3, 0.4) is 0 Å². The quantitative estimate of drug-likeness (QED) is 0.796. The number of hydrogen-bond acceptors (Lipinski definition) is 2. The van der Waals surface area contributed by atoms with Crippen molar-refractivity contribution in [2.75, 3.05) is 11.9 Å². The van der Waals surface area contributed by atoms with Crippen LogP contribution in [-0.2, 0) is 11.9 Å². The zero-order chi connectivity index (χ0) is 13.0. The van der Waals surface area contributed by atoms with Gasteiger partial charge in [0.2, 0.25) is 0 Å². The molecule has 0 aliphatic rings. The van der Waals surface area contributed by atoms with Gasteiger partial charge in [0.15, 0.2) is 0 Å². The van der Waals surface area contributed by atoms with Crippen LogP contribution in [0.2, 0.25) is 0 Å². The normalized spacial score (nSPS) is 10.4. The van der Waals surface area contributed by atoms with E-state index in [9.17, 15) is 0 Å². The summed E-state index contributed by atoms with van der Waals surface area (Å²) in [5.41, 5.74) is 5.17. The van der Waals surface area contributed by atoms with Crippen LogP contribution in [0.5, 0.6) is 0 Å². The number of hydrogen-bond donors (Lipinski definition) is 0. The van der Waals surface area contributed by atoms with Gasteiger partial charge >= 0.3 is 0 Å². The Kier molecular flexibility index (Phi) is 4.37. The number of halogens is 1. The number of pyridine rings is 1. The van der Waals surface area contributed by atoms with Crippen molar-refractivity contribution in [2.45, 2.75) is 18.8 Å². The van der Waals surface area contributed by atoms with Crippen LogP contribution in [0.25, 0.3) is 0 Å². The second kappa shape index (κ2) is 6.01. The fraction of sp³-hybridized carbons (Fsp3) is 0.267. The summed E-state index contributed by atoms with van der Waals surface area (Å²) in [7, 11) is 2.12. The summed E-state index contributed by atoms with van der Waals surface area (Å²) in [5, 5.41) is 0.905. The maximum Gasteiger partial charge on any atom is 0.0427 e. The van der Waals surface area contributed by atoms with E-state index in [1.165, 1.54) is 22.4 Å². The standard InChI is InChI=1S/C15H17BrN2/c1-12-9-14(10-16)3-4-15(12)18(2)11-13-5-7-17-8-6-13/h3-9H,10-11H2,1-2H3. The number of anilines is 1. The summed E-state index contributed by atoms with van der Waals surface area (Å²) in [5.74, 6) is 0. The van der Waals surface area contributed by atoms with E-state index >= 15 is 0 Å². The summed E-state index contributed by atoms with van der Waals surface area (Å²) in [6, 6.07) is 10.7. The lowest BCUT2D eigenvalue weighted by Gasteiger charge is -2.22. The SMILES string of the molecule is Cc1cc(CBr)ccc1N(C)Cc1ccncc1. The van der Waals surface area contributed by atoms with E-state index in [2.05, 4.69) is 70.1 Å². The minimum Gasteiger partial charge on any atom is -0.370 e. The third-order valence-corrected chi connectivity index (χ3v) is 3.64. The Labute approximate surface area is 117 Å². The second-order valence-electron chi connectivity index (χ2n) is 4.47. The molecular formula is C15H17BrN2. The first-order valence-corrected chi connectivity index (χ1v) is 7.08. The number of aromatic nitrogens is 1. The van der Waals surface area contributed by atoms with Crippen LogP contribution in [0.15, 0.2) is 42.7 Å². The molecule has 1 aromatic heterocycles. The van der Waals surface area contributed by atoms with E-state index in [-0.39, 0.29) is 0 Å². The van der Waals surface area contributed by atoms with E-state index < -0.39 is 0 Å². The summed E-state index contributed by atoms with van der Waals surface area (Å²) in [4.78, 5) is 6.31. The fourth-order valence-corrected chi connectivity index (χ4v) is 2.42. The van der Waals surface area contributed by atoms with Gasteiger partial charge in [0.1, 0.15) is 0 Å². The average molecular weight is 305 g/mol. The Bertz CT molecular complexity index is 511. The molecule has 0 bridgehead atoms. The molecule has 0 spiro atoms. The highest BCUT2D eigenvalue weighted by Crippen LogP contribution is 2.22. The summed E-state index contributed by atoms with van der Waals surface area (Å²) < 4.78 is 0. The third kappa shape index (κ3) is 3.10. The van der Waals surface area contributed by atoms with Crippen LogP contribution in [-0.4, -0.2) is 12.0 Å². The molecule has 0 radical (unpaired) electrons. The van der Waals surface area contributed by atoms with E-state index in [4.69, 9.17) is 0 Å². The molecule has 0 amide bonds. The van der Waals surface area contributed by atoms with Crippen LogP contribution in [0, 0.1) is 6.92 Å². The molecule has 18 heavy (non-hydrogen) atoms. The molecule has 94 valence electrons. The summed E-state index contributed by atoms with van der Waals surface area (Å²) in [6.07, 6.45) is 3.67. The Hall–Kier alpha value is -1.35. The molecule has 0 saturated carbocycles. The van der Waals surface area contributed by atoms with Gasteiger partial charge in [0, 0.05) is 37.0 Å². The van der Waals surface area contributed by atoms with Gasteiger partial charge < -0.3 is 4.90 Å². The van der Waals surface area contributed by atoms with Crippen molar-refractivity contribution in [1.82, 2.24) is 4.98 Å². The van der Waals surface area contributed by atoms with Crippen molar-refractivity contribution < 1.29 is 0 Å². The lowest BCUT2D eigenvalue weighted by atomic mass is 10.1. The third-order valence-electron chi connectivity index (χ3n) is 3.00. The van der Waals surface area contributed by atoms with Gasteiger partial charge in [-0.15, -0.1) is 0 Å². The van der Waals surface area contributed by atoms with Crippen LogP contribution in [0.1, 0.15) is 16.7 Å². The van der Waals surface area contributed by atoms with Gasteiger partial charge in [0.25, 0.3) is 0 Å². The van der Waals surface area contributed by atoms with Crippen LogP contribution >= 0.6 is 15.9 Å². The molecular weight excluding hydrogens is 288 g/mol. The van der Waals surface area contributed by atoms with Gasteiger partial charge in [-0.25, -0.2) is 0 Å². The van der Waals surface area contributed by atoms with Crippen LogP contribution < -0.4 is 4.90 Å². The zero-order valence-corrected chi connectivity index (χ0v) is 12.3. The highest BCUT2D eigenvalue weighted by atomic mass is 79.9. The number of benzene rings is 1. The first kappa shape index (κ1) is 13.1. The van der Waals surface area contributed by atoms with Crippen LogP contribution in [0.4, 0.5) is 5.69 Å². The van der Waals surface area contributed by atoms with Gasteiger partial charge in [0.05, 0.1) is 0 Å². The molecule has 1 heterocycles. The highest BCUT2D eigenvalue weighted by Gasteiger charge is 2.05. The van der Waals surface area contributed by atoms with Crippen molar-refractivity contribution in [3.05, 3.63) is 59.4 Å². The number of nitrogens with zero attached hydrogens (tertiary/aromatic N) is 2. The molecule has 0 atom stereocenters. The predicted octanol–water partition coefficient (Wildman–Crippen LogP) is 3.92. The second-order valence-corrected chi connectivity index (χ2v) is 5.03. The Morgan fingerprint density at radius 1 is 1.11 bits per heavy atom. The molecule has 0 unspecified atom stereocenters. The summed E-state index contributed by atoms with van der Waals surface area (Å²) >= 11 is 3.49. The molecule has 0 fully saturated rings. The largest absolute Gasteiger partial charge is 0.370 e. The van der Waals surface area contributed by atoms with Crippen molar-refractivity contribution in [3.63, 3.8) is 0 Å². The molecule has 1 aromatic carbocycles. The maximum absolute atomic E-state index is 4.04. The lowest BCUT2D eigenvalue weighted by molar-refractivity contribution is 0.913. The van der Waals surface area contributed by atoms with Gasteiger partial charge in [-0.1, -0.05) is 28.1 Å². The minimum absolute atomic E-state index is 0.900. The van der Waals surface area contributed by atoms with E-state index in [1.54, 1.807) is 0 Å². The van der Waals surface area contributed by atoms with Gasteiger partial charge in [-0.2, -0.15) is 0 Å². The van der Waals surface area contributed by atoms with Gasteiger partial charge in [-0.05, 0) is 41.8 Å². The maximum atomic E-state index is 4.04. The molecule has 0 aliphatic carbocycles. The molecule has 2 rings (SSSR count). The Morgan fingerprint density at radius 2 is 1.83 bits per heavy atom. The lowest BCUT2D eigenvalue weighted by Crippen LogP contribution is -2.17. The van der Waals surface area contributed by atoms with E-state index in [0.29, 0.717) is 0 Å². The number of aryl methyl sites for hydroxylation is 1. The first-order chi connectivity index (χ1) is 8.70. The molecule has 0 saturated heterocycles. The predicted molar refractivity (Wildman–Crippen MR) is 80.2 cm³/mol. The summed E-state index contributed by atoms with van der Waals surface area (Å²) in [6.45, 7) is 3.06. The first-order valence-electron chi connectivity index (χ1n) is 5.96. The topological polar surface area (TPSA) is 16.1 Å². The highest BCUT2D eigenvalue weighted by molar-refractivity contribution is 9.08. The van der Waals surface area contributed by atoms with E-state index in [0.717, 1.165) is 11.9 Å². The van der Waals surface area contributed by atoms with Gasteiger partial charge in [-0.3, -0.25) is 4.98 Å². The van der Waals surface area contributed by atoms with Crippen molar-refractivity contribution in [1.29, 1.82) is 0 Å². The molecule has 2 nitrogen and oxygen atoms in total. The molecule has 0 N–H and O–H groups in total. The van der Waals surface area contributed by atoms with E-state index in [1.807, 2.05) is 12.4 Å². The van der Waals surface area contributed by atoms with Crippen molar-refractivity contribution in [3.8, 4) is 0 Å². The molecule has 2 aromatic rings. The number of rotatable bonds is 4. The number of alkyl halides is 1. The van der Waals surface area contributed by atoms with Crippen molar-refractivity contribution in [2.24, 2.45) is 0 Å². The molecule has 0 aliphatic heterocycles. The minimum atomic E-state index is 0.900. The Balaban J connectivity index is 2.16. The molecule has 3 heteroatoms. The van der Waals surface area contributed by atoms with Crippen molar-refractivity contribution >= 4 is 21.6 Å². The monoisotopic (exact) mass is 304 g/mol. The zero-order valence-electron chi connectivity index (χ0n) is 10.7.